The fraction of sp³-hybridized carbons (Fsp3) is 0.714. The summed E-state index contributed by atoms with van der Waals surface area (Å²) in [4.78, 5) is 16.1. The number of nitrogens with zero attached hydrogens (tertiary/aromatic N) is 1. The summed E-state index contributed by atoms with van der Waals surface area (Å²) >= 11 is 1.67. The first-order chi connectivity index (χ1) is 9.24. The van der Waals surface area contributed by atoms with Crippen LogP contribution in [-0.4, -0.2) is 30.5 Å². The third-order valence-electron chi connectivity index (χ3n) is 3.54. The molecule has 1 aromatic heterocycles. The largest absolute Gasteiger partial charge is 0.356 e. The van der Waals surface area contributed by atoms with Gasteiger partial charge < -0.3 is 10.6 Å². The van der Waals surface area contributed by atoms with Crippen LogP contribution in [0.25, 0.3) is 0 Å². The number of thiazole rings is 1. The summed E-state index contributed by atoms with van der Waals surface area (Å²) in [5, 5.41) is 9.55. The van der Waals surface area contributed by atoms with Crippen LogP contribution in [0.1, 0.15) is 36.4 Å². The minimum atomic E-state index is 0.179. The Balaban J connectivity index is 1.52. The highest BCUT2D eigenvalue weighted by Crippen LogP contribution is 2.12. The molecule has 19 heavy (non-hydrogen) atoms. The van der Waals surface area contributed by atoms with E-state index in [2.05, 4.69) is 21.0 Å². The lowest BCUT2D eigenvalue weighted by Gasteiger charge is -2.09. The van der Waals surface area contributed by atoms with Crippen molar-refractivity contribution < 1.29 is 4.79 Å². The van der Waals surface area contributed by atoms with Crippen LogP contribution in [0.4, 0.5) is 0 Å². The molecule has 5 heteroatoms. The van der Waals surface area contributed by atoms with Gasteiger partial charge in [0.15, 0.2) is 0 Å². The van der Waals surface area contributed by atoms with Crippen molar-refractivity contribution in [2.75, 3.05) is 19.6 Å². The van der Waals surface area contributed by atoms with E-state index < -0.39 is 0 Å². The molecule has 2 heterocycles. The zero-order chi connectivity index (χ0) is 13.5. The minimum absolute atomic E-state index is 0.179. The number of hydrogen-bond donors (Lipinski definition) is 2. The van der Waals surface area contributed by atoms with Crippen LogP contribution in [0.2, 0.25) is 0 Å². The predicted octanol–water partition coefficient (Wildman–Crippen LogP) is 1.89. The van der Waals surface area contributed by atoms with E-state index in [1.54, 1.807) is 11.3 Å². The smallest absolute Gasteiger partial charge is 0.220 e. The van der Waals surface area contributed by atoms with Crippen molar-refractivity contribution in [1.82, 2.24) is 15.6 Å². The second-order valence-electron chi connectivity index (χ2n) is 5.21. The lowest BCUT2D eigenvalue weighted by atomic mass is 10.1. The highest BCUT2D eigenvalue weighted by molar-refractivity contribution is 7.09. The molecule has 4 nitrogen and oxygen atoms in total. The van der Waals surface area contributed by atoms with Crippen LogP contribution in [0.5, 0.6) is 0 Å². The summed E-state index contributed by atoms with van der Waals surface area (Å²) in [6.07, 6.45) is 4.76. The zero-order valence-electron chi connectivity index (χ0n) is 11.6. The minimum Gasteiger partial charge on any atom is -0.356 e. The second kappa shape index (κ2) is 7.60. The van der Waals surface area contributed by atoms with Crippen molar-refractivity contribution in [3.8, 4) is 0 Å². The molecule has 0 saturated carbocycles. The number of amides is 1. The van der Waals surface area contributed by atoms with Crippen molar-refractivity contribution in [3.63, 3.8) is 0 Å². The summed E-state index contributed by atoms with van der Waals surface area (Å²) in [7, 11) is 0. The van der Waals surface area contributed by atoms with Crippen molar-refractivity contribution in [1.29, 1.82) is 0 Å². The summed E-state index contributed by atoms with van der Waals surface area (Å²) in [6, 6.07) is 0. The number of carbonyl (C=O) groups excluding carboxylic acids is 1. The van der Waals surface area contributed by atoms with E-state index in [1.165, 1.54) is 6.42 Å². The zero-order valence-corrected chi connectivity index (χ0v) is 12.4. The summed E-state index contributed by atoms with van der Waals surface area (Å²) in [6.45, 7) is 5.07. The Morgan fingerprint density at radius 1 is 1.63 bits per heavy atom. The molecule has 0 aliphatic carbocycles. The van der Waals surface area contributed by atoms with Gasteiger partial charge in [-0.25, -0.2) is 4.98 Å². The quantitative estimate of drug-likeness (QED) is 0.802. The average molecular weight is 281 g/mol. The van der Waals surface area contributed by atoms with Gasteiger partial charge in [0.05, 0.1) is 10.7 Å². The SMILES string of the molecule is Cc1nc(CCCC(=O)NCCC2CCNC2)cs1. The Labute approximate surface area is 119 Å². The molecule has 106 valence electrons. The topological polar surface area (TPSA) is 54.0 Å². The molecule has 0 aromatic carbocycles. The van der Waals surface area contributed by atoms with Gasteiger partial charge in [-0.15, -0.1) is 11.3 Å². The molecule has 1 aliphatic rings. The molecule has 0 spiro atoms. The Bertz CT molecular complexity index is 399. The average Bonchev–Trinajstić information content (AvgIpc) is 3.01. The van der Waals surface area contributed by atoms with Gasteiger partial charge in [0.2, 0.25) is 5.91 Å². The molecule has 1 amide bonds. The lowest BCUT2D eigenvalue weighted by molar-refractivity contribution is -0.121. The van der Waals surface area contributed by atoms with Crippen molar-refractivity contribution in [2.24, 2.45) is 5.92 Å². The van der Waals surface area contributed by atoms with Crippen molar-refractivity contribution in [3.05, 3.63) is 16.1 Å². The monoisotopic (exact) mass is 281 g/mol. The molecular formula is C14H23N3OS. The van der Waals surface area contributed by atoms with E-state index in [0.29, 0.717) is 6.42 Å². The van der Waals surface area contributed by atoms with E-state index >= 15 is 0 Å². The molecule has 0 radical (unpaired) electrons. The standard InChI is InChI=1S/C14H23N3OS/c1-11-17-13(10-19-11)3-2-4-14(18)16-8-6-12-5-7-15-9-12/h10,12,15H,2-9H2,1H3,(H,16,18). The van der Waals surface area contributed by atoms with E-state index in [4.69, 9.17) is 0 Å². The second-order valence-corrected chi connectivity index (χ2v) is 6.27. The van der Waals surface area contributed by atoms with Gasteiger partial charge in [0.25, 0.3) is 0 Å². The molecule has 1 atom stereocenters. The third-order valence-corrected chi connectivity index (χ3v) is 4.36. The predicted molar refractivity (Wildman–Crippen MR) is 78.4 cm³/mol. The molecule has 1 aliphatic heterocycles. The van der Waals surface area contributed by atoms with Crippen LogP contribution in [0.3, 0.4) is 0 Å². The first-order valence-corrected chi connectivity index (χ1v) is 8.00. The van der Waals surface area contributed by atoms with Crippen LogP contribution >= 0.6 is 11.3 Å². The van der Waals surface area contributed by atoms with Gasteiger partial charge in [0.1, 0.15) is 0 Å². The van der Waals surface area contributed by atoms with Crippen molar-refractivity contribution >= 4 is 17.2 Å². The van der Waals surface area contributed by atoms with Gasteiger partial charge >= 0.3 is 0 Å². The number of rotatable bonds is 7. The van der Waals surface area contributed by atoms with Gasteiger partial charge in [0, 0.05) is 18.3 Å². The molecular weight excluding hydrogens is 258 g/mol. The molecule has 1 aromatic rings. The lowest BCUT2D eigenvalue weighted by Crippen LogP contribution is -2.26. The Morgan fingerprint density at radius 3 is 3.21 bits per heavy atom. The van der Waals surface area contributed by atoms with Gasteiger partial charge in [-0.2, -0.15) is 0 Å². The molecule has 1 fully saturated rings. The number of nitrogens with one attached hydrogen (secondary N) is 2. The first-order valence-electron chi connectivity index (χ1n) is 7.12. The van der Waals surface area contributed by atoms with Crippen LogP contribution < -0.4 is 10.6 Å². The third kappa shape index (κ3) is 5.28. The maximum Gasteiger partial charge on any atom is 0.220 e. The molecule has 2 rings (SSSR count). The summed E-state index contributed by atoms with van der Waals surface area (Å²) in [5.41, 5.74) is 1.12. The molecule has 2 N–H and O–H groups in total. The summed E-state index contributed by atoms with van der Waals surface area (Å²) in [5.74, 6) is 0.927. The Hall–Kier alpha value is -0.940. The Morgan fingerprint density at radius 2 is 2.53 bits per heavy atom. The van der Waals surface area contributed by atoms with Gasteiger partial charge in [-0.3, -0.25) is 4.79 Å². The highest BCUT2D eigenvalue weighted by atomic mass is 32.1. The molecule has 1 saturated heterocycles. The maximum atomic E-state index is 11.7. The fourth-order valence-electron chi connectivity index (χ4n) is 2.42. The van der Waals surface area contributed by atoms with Crippen LogP contribution in [0.15, 0.2) is 5.38 Å². The van der Waals surface area contributed by atoms with Gasteiger partial charge in [-0.05, 0) is 51.6 Å². The van der Waals surface area contributed by atoms with Gasteiger partial charge in [-0.1, -0.05) is 0 Å². The van der Waals surface area contributed by atoms with E-state index in [0.717, 1.165) is 55.5 Å². The van der Waals surface area contributed by atoms with E-state index in [-0.39, 0.29) is 5.91 Å². The first kappa shape index (κ1) is 14.5. The molecule has 0 bridgehead atoms. The van der Waals surface area contributed by atoms with E-state index in [1.807, 2.05) is 6.92 Å². The maximum absolute atomic E-state index is 11.7. The Kier molecular flexibility index (Phi) is 5.79. The number of aromatic nitrogens is 1. The van der Waals surface area contributed by atoms with Crippen LogP contribution in [-0.2, 0) is 11.2 Å². The normalized spacial score (nSPS) is 18.7. The fourth-order valence-corrected chi connectivity index (χ4v) is 3.07. The molecule has 1 unspecified atom stereocenters. The number of carbonyl (C=O) groups is 1. The number of aryl methyl sites for hydroxylation is 2. The summed E-state index contributed by atoms with van der Waals surface area (Å²) < 4.78 is 0. The highest BCUT2D eigenvalue weighted by Gasteiger charge is 2.13. The van der Waals surface area contributed by atoms with Crippen LogP contribution in [0, 0.1) is 12.8 Å². The van der Waals surface area contributed by atoms with Crippen molar-refractivity contribution in [2.45, 2.75) is 39.0 Å². The number of hydrogen-bond acceptors (Lipinski definition) is 4. The van der Waals surface area contributed by atoms with E-state index in [9.17, 15) is 4.79 Å².